The number of hydrogen-bond acceptors (Lipinski definition) is 3. The highest BCUT2D eigenvalue weighted by molar-refractivity contribution is 5.74. The second kappa shape index (κ2) is 4.28. The van der Waals surface area contributed by atoms with Crippen LogP contribution in [0, 0.1) is 0 Å². The van der Waals surface area contributed by atoms with Gasteiger partial charge in [0, 0.05) is 0 Å². The van der Waals surface area contributed by atoms with E-state index in [1.165, 1.54) is 0 Å². The predicted octanol–water partition coefficient (Wildman–Crippen LogP) is 0.709. The molecule has 0 aliphatic rings. The Morgan fingerprint density at radius 3 is 2.40 bits per heavy atom. The van der Waals surface area contributed by atoms with Crippen LogP contribution in [0.15, 0.2) is 0 Å². The summed E-state index contributed by atoms with van der Waals surface area (Å²) in [5.41, 5.74) is 0. The van der Waals surface area contributed by atoms with Crippen molar-refractivity contribution >= 4 is 5.97 Å². The third kappa shape index (κ3) is 3.45. The number of rotatable bonds is 3. The molecule has 0 spiro atoms. The number of esters is 1. The minimum absolute atomic E-state index is 0.145. The first kappa shape index (κ1) is 9.43. The Hall–Kier alpha value is -0.570. The SMILES string of the molecule is CC[C@H](O)C(=O)OC(C)C. The van der Waals surface area contributed by atoms with E-state index in [1.807, 2.05) is 0 Å². The molecule has 3 heteroatoms. The zero-order valence-electron chi connectivity index (χ0n) is 6.63. The fourth-order valence-electron chi connectivity index (χ4n) is 0.478. The van der Waals surface area contributed by atoms with Crippen molar-refractivity contribution in [1.29, 1.82) is 0 Å². The molecule has 10 heavy (non-hydrogen) atoms. The Labute approximate surface area is 61.0 Å². The molecule has 0 aliphatic heterocycles. The van der Waals surface area contributed by atoms with Crippen LogP contribution >= 0.6 is 0 Å². The Morgan fingerprint density at radius 2 is 2.10 bits per heavy atom. The quantitative estimate of drug-likeness (QED) is 0.596. The summed E-state index contributed by atoms with van der Waals surface area (Å²) in [5, 5.41) is 8.90. The molecule has 3 nitrogen and oxygen atoms in total. The highest BCUT2D eigenvalue weighted by atomic mass is 16.6. The molecule has 0 aromatic rings. The maximum absolute atomic E-state index is 10.7. The van der Waals surface area contributed by atoms with E-state index in [-0.39, 0.29) is 6.10 Å². The van der Waals surface area contributed by atoms with E-state index >= 15 is 0 Å². The molecule has 0 unspecified atom stereocenters. The molecule has 0 saturated carbocycles. The molecule has 1 N–H and O–H groups in total. The van der Waals surface area contributed by atoms with E-state index in [1.54, 1.807) is 20.8 Å². The maximum atomic E-state index is 10.7. The average Bonchev–Trinajstić information content (AvgIpc) is 1.85. The van der Waals surface area contributed by atoms with Crippen LogP contribution in [-0.4, -0.2) is 23.3 Å². The summed E-state index contributed by atoms with van der Waals surface area (Å²) in [7, 11) is 0. The van der Waals surface area contributed by atoms with E-state index in [0.717, 1.165) is 0 Å². The Bertz CT molecular complexity index is 109. The predicted molar refractivity (Wildman–Crippen MR) is 37.5 cm³/mol. The van der Waals surface area contributed by atoms with Gasteiger partial charge in [-0.3, -0.25) is 0 Å². The summed E-state index contributed by atoms with van der Waals surface area (Å²) in [5.74, 6) is -0.530. The molecule has 0 fully saturated rings. The number of hydrogen-bond donors (Lipinski definition) is 1. The largest absolute Gasteiger partial charge is 0.461 e. The number of carbonyl (C=O) groups is 1. The van der Waals surface area contributed by atoms with E-state index in [0.29, 0.717) is 6.42 Å². The molecule has 0 heterocycles. The summed E-state index contributed by atoms with van der Waals surface area (Å²) in [4.78, 5) is 10.7. The zero-order chi connectivity index (χ0) is 8.15. The molecule has 0 aliphatic carbocycles. The normalized spacial score (nSPS) is 13.3. The number of aliphatic hydroxyl groups excluding tert-OH is 1. The van der Waals surface area contributed by atoms with Crippen LogP contribution in [-0.2, 0) is 9.53 Å². The first-order valence-corrected chi connectivity index (χ1v) is 3.46. The molecule has 0 amide bonds. The lowest BCUT2D eigenvalue weighted by molar-refractivity contribution is -0.157. The van der Waals surface area contributed by atoms with Crippen molar-refractivity contribution in [1.82, 2.24) is 0 Å². The average molecular weight is 146 g/mol. The van der Waals surface area contributed by atoms with Crippen molar-refractivity contribution in [3.05, 3.63) is 0 Å². The van der Waals surface area contributed by atoms with Crippen molar-refractivity contribution in [2.24, 2.45) is 0 Å². The molecule has 0 bridgehead atoms. The van der Waals surface area contributed by atoms with Crippen LogP contribution in [0.25, 0.3) is 0 Å². The smallest absolute Gasteiger partial charge is 0.335 e. The second-order valence-electron chi connectivity index (χ2n) is 2.41. The summed E-state index contributed by atoms with van der Waals surface area (Å²) in [6.07, 6.45) is -0.693. The molecule has 60 valence electrons. The Balaban J connectivity index is 3.62. The number of carbonyl (C=O) groups excluding carboxylic acids is 1. The van der Waals surface area contributed by atoms with Gasteiger partial charge in [-0.25, -0.2) is 4.79 Å². The van der Waals surface area contributed by atoms with Gasteiger partial charge in [0.1, 0.15) is 0 Å². The van der Waals surface area contributed by atoms with Gasteiger partial charge in [0.25, 0.3) is 0 Å². The summed E-state index contributed by atoms with van der Waals surface area (Å²) < 4.78 is 4.71. The van der Waals surface area contributed by atoms with Crippen molar-refractivity contribution in [3.63, 3.8) is 0 Å². The van der Waals surface area contributed by atoms with Crippen molar-refractivity contribution in [3.8, 4) is 0 Å². The minimum atomic E-state index is -0.956. The lowest BCUT2D eigenvalue weighted by Gasteiger charge is -2.10. The molecule has 0 aromatic heterocycles. The summed E-state index contributed by atoms with van der Waals surface area (Å²) >= 11 is 0. The molecular weight excluding hydrogens is 132 g/mol. The van der Waals surface area contributed by atoms with Gasteiger partial charge in [-0.05, 0) is 20.3 Å². The minimum Gasteiger partial charge on any atom is -0.461 e. The third-order valence-corrected chi connectivity index (χ3v) is 1.01. The molecule has 1 atom stereocenters. The van der Waals surface area contributed by atoms with E-state index < -0.39 is 12.1 Å². The van der Waals surface area contributed by atoms with E-state index in [9.17, 15) is 4.79 Å². The fourth-order valence-corrected chi connectivity index (χ4v) is 0.478. The summed E-state index contributed by atoms with van der Waals surface area (Å²) in [6, 6.07) is 0. The van der Waals surface area contributed by atoms with Gasteiger partial charge < -0.3 is 9.84 Å². The van der Waals surface area contributed by atoms with Gasteiger partial charge in [0.05, 0.1) is 6.10 Å². The van der Waals surface area contributed by atoms with Gasteiger partial charge in [-0.2, -0.15) is 0 Å². The highest BCUT2D eigenvalue weighted by Crippen LogP contribution is 1.96. The lowest BCUT2D eigenvalue weighted by Crippen LogP contribution is -2.24. The van der Waals surface area contributed by atoms with E-state index in [4.69, 9.17) is 9.84 Å². The van der Waals surface area contributed by atoms with E-state index in [2.05, 4.69) is 0 Å². The second-order valence-corrected chi connectivity index (χ2v) is 2.41. The Kier molecular flexibility index (Phi) is 4.03. The van der Waals surface area contributed by atoms with Crippen LogP contribution in [0.3, 0.4) is 0 Å². The first-order valence-electron chi connectivity index (χ1n) is 3.46. The van der Waals surface area contributed by atoms with Crippen LogP contribution in [0.1, 0.15) is 27.2 Å². The standard InChI is InChI=1S/C7H14O3/c1-4-6(8)7(9)10-5(2)3/h5-6,8H,4H2,1-3H3/t6-/m0/s1. The molecule has 0 rings (SSSR count). The Morgan fingerprint density at radius 1 is 1.60 bits per heavy atom. The van der Waals surface area contributed by atoms with Crippen LogP contribution < -0.4 is 0 Å². The van der Waals surface area contributed by atoms with Crippen LogP contribution in [0.4, 0.5) is 0 Å². The molecule has 0 saturated heterocycles. The molecular formula is C7H14O3. The molecule has 0 radical (unpaired) electrons. The lowest BCUT2D eigenvalue weighted by atomic mass is 10.3. The van der Waals surface area contributed by atoms with Crippen LogP contribution in [0.5, 0.6) is 0 Å². The van der Waals surface area contributed by atoms with Crippen molar-refractivity contribution in [2.75, 3.05) is 0 Å². The van der Waals surface area contributed by atoms with Gasteiger partial charge >= 0.3 is 5.97 Å². The van der Waals surface area contributed by atoms with Crippen molar-refractivity contribution < 1.29 is 14.6 Å². The van der Waals surface area contributed by atoms with Gasteiger partial charge in [-0.15, -0.1) is 0 Å². The van der Waals surface area contributed by atoms with Gasteiger partial charge in [0.15, 0.2) is 6.10 Å². The zero-order valence-corrected chi connectivity index (χ0v) is 6.63. The monoisotopic (exact) mass is 146 g/mol. The number of aliphatic hydroxyl groups is 1. The number of ether oxygens (including phenoxy) is 1. The van der Waals surface area contributed by atoms with Gasteiger partial charge in [-0.1, -0.05) is 6.92 Å². The topological polar surface area (TPSA) is 46.5 Å². The maximum Gasteiger partial charge on any atom is 0.335 e. The third-order valence-electron chi connectivity index (χ3n) is 1.01. The highest BCUT2D eigenvalue weighted by Gasteiger charge is 2.14. The van der Waals surface area contributed by atoms with Gasteiger partial charge in [0.2, 0.25) is 0 Å². The summed E-state index contributed by atoms with van der Waals surface area (Å²) in [6.45, 7) is 5.23. The fraction of sp³-hybridized carbons (Fsp3) is 0.857. The molecule has 0 aromatic carbocycles. The first-order chi connectivity index (χ1) is 4.57. The van der Waals surface area contributed by atoms with Crippen molar-refractivity contribution in [2.45, 2.75) is 39.4 Å². The van der Waals surface area contributed by atoms with Crippen LogP contribution in [0.2, 0.25) is 0 Å².